The van der Waals surface area contributed by atoms with Gasteiger partial charge in [0, 0.05) is 13.1 Å². The predicted molar refractivity (Wildman–Crippen MR) is 194 cm³/mol. The molecule has 7 nitrogen and oxygen atoms in total. The summed E-state index contributed by atoms with van der Waals surface area (Å²) in [6.45, 7) is 14.7. The van der Waals surface area contributed by atoms with E-state index in [1.807, 2.05) is 12.1 Å². The van der Waals surface area contributed by atoms with Crippen LogP contribution in [-0.4, -0.2) is 63.1 Å². The first kappa shape index (κ1) is 36.1. The highest BCUT2D eigenvalue weighted by molar-refractivity contribution is 5.90. The van der Waals surface area contributed by atoms with Crippen molar-refractivity contribution < 1.29 is 23.9 Å². The number of ether oxygens (including phenoxy) is 2. The zero-order chi connectivity index (χ0) is 35.2. The molecule has 0 saturated heterocycles. The van der Waals surface area contributed by atoms with Crippen molar-refractivity contribution in [3.63, 3.8) is 0 Å². The fourth-order valence-electron chi connectivity index (χ4n) is 12.9. The van der Waals surface area contributed by atoms with E-state index in [0.29, 0.717) is 53.7 Å². The van der Waals surface area contributed by atoms with Crippen molar-refractivity contribution in [3.8, 4) is 0 Å². The van der Waals surface area contributed by atoms with Gasteiger partial charge in [0.15, 0.2) is 0 Å². The molecule has 0 aliphatic heterocycles. The number of esters is 2. The predicted octanol–water partition coefficient (Wildman–Crippen LogP) is 7.93. The summed E-state index contributed by atoms with van der Waals surface area (Å²) in [4.78, 5) is 40.2. The Morgan fingerprint density at radius 3 is 2.29 bits per heavy atom. The molecule has 7 heteroatoms. The van der Waals surface area contributed by atoms with Crippen molar-refractivity contribution in [3.05, 3.63) is 41.5 Å². The second-order valence-electron chi connectivity index (χ2n) is 17.4. The second-order valence-corrected chi connectivity index (χ2v) is 17.4. The number of allylic oxidation sites excluding steroid dienone is 2. The Bertz CT molecular complexity index is 1430. The van der Waals surface area contributed by atoms with E-state index >= 15 is 0 Å². The molecule has 0 spiro atoms. The molecule has 8 unspecified atom stereocenters. The van der Waals surface area contributed by atoms with Gasteiger partial charge >= 0.3 is 11.9 Å². The summed E-state index contributed by atoms with van der Waals surface area (Å²) < 4.78 is 9.84. The van der Waals surface area contributed by atoms with Crippen LogP contribution in [0.15, 0.2) is 30.3 Å². The lowest BCUT2D eigenvalue weighted by atomic mass is 9.36. The number of hydrogen-bond acceptors (Lipinski definition) is 6. The summed E-state index contributed by atoms with van der Waals surface area (Å²) in [5.74, 6) is 2.85. The van der Waals surface area contributed by atoms with Crippen LogP contribution in [0.25, 0.3) is 5.57 Å². The summed E-state index contributed by atoms with van der Waals surface area (Å²) >= 11 is 0. The van der Waals surface area contributed by atoms with Crippen molar-refractivity contribution in [2.45, 2.75) is 105 Å². The molecule has 6 rings (SSSR count). The topological polar surface area (TPSA) is 84.9 Å². The zero-order valence-electron chi connectivity index (χ0n) is 31.4. The summed E-state index contributed by atoms with van der Waals surface area (Å²) in [6.07, 6.45) is 15.2. The summed E-state index contributed by atoms with van der Waals surface area (Å²) in [5.41, 5.74) is 3.60. The lowest BCUT2D eigenvalue weighted by Gasteiger charge is -2.68. The highest BCUT2D eigenvalue weighted by Gasteiger charge is 2.66. The summed E-state index contributed by atoms with van der Waals surface area (Å²) in [7, 11) is 2.87. The third kappa shape index (κ3) is 6.08. The van der Waals surface area contributed by atoms with Gasteiger partial charge in [0.2, 0.25) is 5.91 Å². The van der Waals surface area contributed by atoms with Crippen LogP contribution in [-0.2, 0) is 19.1 Å². The number of benzene rings is 1. The number of hydrogen-bond donors (Lipinski definition) is 1. The normalized spacial score (nSPS) is 36.0. The van der Waals surface area contributed by atoms with Crippen molar-refractivity contribution >= 4 is 23.4 Å². The van der Waals surface area contributed by atoms with Gasteiger partial charge in [-0.25, -0.2) is 4.79 Å². The first-order valence-corrected chi connectivity index (χ1v) is 19.3. The van der Waals surface area contributed by atoms with Crippen LogP contribution in [0.4, 0.5) is 0 Å². The summed E-state index contributed by atoms with van der Waals surface area (Å²) in [5, 5.41) is 3.38. The fraction of sp³-hybridized carbons (Fsp3) is 0.738. The molecule has 1 aromatic carbocycles. The van der Waals surface area contributed by atoms with Crippen LogP contribution in [0.5, 0.6) is 0 Å². The van der Waals surface area contributed by atoms with Gasteiger partial charge in [0.05, 0.1) is 31.7 Å². The number of carbonyl (C=O) groups excluding carboxylic acids is 3. The smallest absolute Gasteiger partial charge is 0.337 e. The maximum Gasteiger partial charge on any atom is 0.337 e. The molecular formula is C42H62N2O5. The maximum absolute atomic E-state index is 14.1. The molecule has 0 bridgehead atoms. The number of carbonyl (C=O) groups is 3. The molecule has 1 N–H and O–H groups in total. The molecular weight excluding hydrogens is 612 g/mol. The fourth-order valence-corrected chi connectivity index (χ4v) is 12.9. The first-order chi connectivity index (χ1) is 23.4. The van der Waals surface area contributed by atoms with E-state index in [9.17, 15) is 14.4 Å². The van der Waals surface area contributed by atoms with Crippen LogP contribution >= 0.6 is 0 Å². The third-order valence-electron chi connectivity index (χ3n) is 15.0. The molecule has 49 heavy (non-hydrogen) atoms. The minimum absolute atomic E-state index is 0.0345. The first-order valence-electron chi connectivity index (χ1n) is 19.3. The Morgan fingerprint density at radius 2 is 1.59 bits per heavy atom. The Kier molecular flexibility index (Phi) is 10.2. The quantitative estimate of drug-likeness (QED) is 0.254. The van der Waals surface area contributed by atoms with E-state index in [0.717, 1.165) is 38.6 Å². The summed E-state index contributed by atoms with van der Waals surface area (Å²) in [6, 6.07) is 8.03. The lowest BCUT2D eigenvalue weighted by molar-refractivity contribution is -0.181. The van der Waals surface area contributed by atoms with Crippen LogP contribution in [0.3, 0.4) is 0 Å². The molecule has 4 fully saturated rings. The Morgan fingerprint density at radius 1 is 0.837 bits per heavy atom. The standard InChI is InChI=1S/C42H62N2O5/c1-8-25-44(27-36(45)48-6)26-24-43-38(47)42-20-9-10-33(42)30-15-16-35-40(4,32(30)18-23-42)22-19-34-39(2,3)31(17-21-41(34,35)5)28-11-13-29(14-12-28)37(46)49-7/h11-14,17,30,32-35H,8-10,15-16,18-27H2,1-7H3,(H,43,47). The molecule has 5 aliphatic rings. The van der Waals surface area contributed by atoms with Crippen molar-refractivity contribution in [2.75, 3.05) is 40.4 Å². The third-order valence-corrected chi connectivity index (χ3v) is 15.0. The second kappa shape index (κ2) is 13.8. The molecule has 4 saturated carbocycles. The van der Waals surface area contributed by atoms with Gasteiger partial charge in [0.25, 0.3) is 0 Å². The van der Waals surface area contributed by atoms with Gasteiger partial charge in [-0.15, -0.1) is 0 Å². The van der Waals surface area contributed by atoms with Crippen molar-refractivity contribution in [2.24, 2.45) is 51.2 Å². The van der Waals surface area contributed by atoms with Gasteiger partial charge < -0.3 is 14.8 Å². The van der Waals surface area contributed by atoms with Gasteiger partial charge in [0.1, 0.15) is 0 Å². The Balaban J connectivity index is 1.17. The monoisotopic (exact) mass is 674 g/mol. The van der Waals surface area contributed by atoms with E-state index in [2.05, 4.69) is 63.0 Å². The van der Waals surface area contributed by atoms with Crippen LogP contribution in [0.1, 0.15) is 121 Å². The van der Waals surface area contributed by atoms with Crippen LogP contribution in [0, 0.1) is 51.2 Å². The van der Waals surface area contributed by atoms with Gasteiger partial charge in [-0.2, -0.15) is 0 Å². The number of nitrogens with one attached hydrogen (secondary N) is 1. The average Bonchev–Trinajstić information content (AvgIpc) is 3.54. The maximum atomic E-state index is 14.1. The van der Waals surface area contributed by atoms with E-state index in [1.165, 1.54) is 63.9 Å². The number of rotatable bonds is 10. The average molecular weight is 675 g/mol. The van der Waals surface area contributed by atoms with Crippen LogP contribution < -0.4 is 5.32 Å². The van der Waals surface area contributed by atoms with Crippen molar-refractivity contribution in [1.29, 1.82) is 0 Å². The van der Waals surface area contributed by atoms with E-state index in [4.69, 9.17) is 9.47 Å². The lowest BCUT2D eigenvalue weighted by Crippen LogP contribution is -2.62. The molecule has 0 radical (unpaired) electrons. The minimum Gasteiger partial charge on any atom is -0.468 e. The van der Waals surface area contributed by atoms with Gasteiger partial charge in [-0.1, -0.05) is 59.2 Å². The number of nitrogens with zero attached hydrogens (tertiary/aromatic N) is 1. The molecule has 5 aliphatic carbocycles. The molecule has 1 aromatic rings. The van der Waals surface area contributed by atoms with E-state index in [-0.39, 0.29) is 40.6 Å². The Hall–Kier alpha value is -2.67. The van der Waals surface area contributed by atoms with E-state index in [1.54, 1.807) is 0 Å². The molecule has 8 atom stereocenters. The molecule has 0 heterocycles. The largest absolute Gasteiger partial charge is 0.468 e. The number of fused-ring (bicyclic) bond motifs is 7. The highest BCUT2D eigenvalue weighted by Crippen LogP contribution is 2.73. The SMILES string of the molecule is CCCN(CCNC(=O)C12CCCC1C1CCC3C(C)(CCC4C(C)(C)C(c5ccc(C(=O)OC)cc5)=CCC43C)C1CC2)CC(=O)OC. The van der Waals surface area contributed by atoms with Crippen molar-refractivity contribution in [1.82, 2.24) is 10.2 Å². The minimum atomic E-state index is -0.289. The highest BCUT2D eigenvalue weighted by atomic mass is 16.5. The molecule has 0 aromatic heterocycles. The van der Waals surface area contributed by atoms with Gasteiger partial charge in [-0.3, -0.25) is 14.5 Å². The van der Waals surface area contributed by atoms with Crippen LogP contribution in [0.2, 0.25) is 0 Å². The number of amides is 1. The number of methoxy groups -OCH3 is 2. The van der Waals surface area contributed by atoms with Gasteiger partial charge in [-0.05, 0) is 140 Å². The molecule has 1 amide bonds. The Labute approximate surface area is 295 Å². The zero-order valence-corrected chi connectivity index (χ0v) is 31.4. The van der Waals surface area contributed by atoms with E-state index < -0.39 is 0 Å². The molecule has 270 valence electrons.